The molecule has 0 unspecified atom stereocenters. The van der Waals surface area contributed by atoms with E-state index in [9.17, 15) is 9.59 Å². The van der Waals surface area contributed by atoms with E-state index in [0.717, 1.165) is 10.7 Å². The third-order valence-electron chi connectivity index (χ3n) is 3.92. The van der Waals surface area contributed by atoms with Crippen LogP contribution in [0.4, 0.5) is 0 Å². The number of hydrogen-bond acceptors (Lipinski definition) is 5. The van der Waals surface area contributed by atoms with Crippen molar-refractivity contribution < 1.29 is 18.7 Å². The first-order valence-electron chi connectivity index (χ1n) is 8.07. The van der Waals surface area contributed by atoms with Gasteiger partial charge < -0.3 is 19.8 Å². The lowest BCUT2D eigenvalue weighted by Crippen LogP contribution is -2.50. The lowest BCUT2D eigenvalue weighted by Gasteiger charge is -2.34. The molecule has 2 amide bonds. The van der Waals surface area contributed by atoms with Crippen LogP contribution in [0.15, 0.2) is 51.8 Å². The quantitative estimate of drug-likeness (QED) is 0.799. The van der Waals surface area contributed by atoms with Crippen LogP contribution in [0.5, 0.6) is 0 Å². The number of nitrogens with two attached hydrogens (primary N) is 1. The van der Waals surface area contributed by atoms with Crippen molar-refractivity contribution in [3.8, 4) is 0 Å². The van der Waals surface area contributed by atoms with Gasteiger partial charge in [0.2, 0.25) is 5.91 Å². The van der Waals surface area contributed by atoms with Gasteiger partial charge in [-0.3, -0.25) is 9.59 Å². The van der Waals surface area contributed by atoms with Crippen molar-refractivity contribution in [2.45, 2.75) is 23.1 Å². The monoisotopic (exact) mass is 360 g/mol. The van der Waals surface area contributed by atoms with Crippen molar-refractivity contribution in [3.63, 3.8) is 0 Å². The van der Waals surface area contributed by atoms with Crippen LogP contribution in [0.2, 0.25) is 0 Å². The smallest absolute Gasteiger partial charge is 0.289 e. The molecule has 3 rings (SSSR count). The number of ether oxygens (including phenoxy) is 1. The predicted molar refractivity (Wildman–Crippen MR) is 94.2 cm³/mol. The molecule has 0 saturated carbocycles. The summed E-state index contributed by atoms with van der Waals surface area (Å²) in [4.78, 5) is 26.6. The maximum Gasteiger partial charge on any atom is 0.289 e. The zero-order valence-electron chi connectivity index (χ0n) is 13.7. The number of benzene rings is 1. The highest BCUT2D eigenvalue weighted by Crippen LogP contribution is 2.24. The van der Waals surface area contributed by atoms with Crippen LogP contribution in [0, 0.1) is 0 Å². The Labute approximate surface area is 150 Å². The van der Waals surface area contributed by atoms with Gasteiger partial charge in [0.05, 0.1) is 25.0 Å². The molecule has 0 radical (unpaired) electrons. The van der Waals surface area contributed by atoms with E-state index in [4.69, 9.17) is 14.9 Å². The van der Waals surface area contributed by atoms with Crippen LogP contribution in [-0.4, -0.2) is 42.5 Å². The number of primary amides is 1. The molecule has 1 aromatic heterocycles. The topological polar surface area (TPSA) is 85.8 Å². The van der Waals surface area contributed by atoms with Gasteiger partial charge >= 0.3 is 0 Å². The molecule has 1 atom stereocenters. The average Bonchev–Trinajstić information content (AvgIpc) is 3.09. The molecule has 1 aliphatic heterocycles. The van der Waals surface area contributed by atoms with Gasteiger partial charge in [0.25, 0.3) is 5.91 Å². The molecule has 1 aliphatic rings. The van der Waals surface area contributed by atoms with Crippen molar-refractivity contribution in [1.29, 1.82) is 0 Å². The highest BCUT2D eigenvalue weighted by atomic mass is 32.2. The largest absolute Gasteiger partial charge is 0.455 e. The third-order valence-corrected chi connectivity index (χ3v) is 4.96. The summed E-state index contributed by atoms with van der Waals surface area (Å²) in [5.41, 5.74) is 5.26. The summed E-state index contributed by atoms with van der Waals surface area (Å²) in [6.07, 6.45) is 0.0865. The van der Waals surface area contributed by atoms with Crippen molar-refractivity contribution >= 4 is 23.6 Å². The lowest BCUT2D eigenvalue weighted by molar-refractivity contribution is -0.120. The highest BCUT2D eigenvalue weighted by Gasteiger charge is 2.30. The van der Waals surface area contributed by atoms with Crippen molar-refractivity contribution in [2.24, 2.45) is 5.73 Å². The average molecular weight is 360 g/mol. The molecule has 6 nitrogen and oxygen atoms in total. The lowest BCUT2D eigenvalue weighted by atomic mass is 10.1. The van der Waals surface area contributed by atoms with Crippen molar-refractivity contribution in [3.05, 3.63) is 54.0 Å². The number of morpholine rings is 1. The molecular formula is C18H20N2O4S. The van der Waals surface area contributed by atoms with Crippen LogP contribution in [-0.2, 0) is 15.3 Å². The first-order chi connectivity index (χ1) is 12.1. The Kier molecular flexibility index (Phi) is 5.78. The summed E-state index contributed by atoms with van der Waals surface area (Å²) in [5.74, 6) is 0.973. The summed E-state index contributed by atoms with van der Waals surface area (Å²) in [6, 6.07) is 13.1. The van der Waals surface area contributed by atoms with E-state index in [1.54, 1.807) is 22.7 Å². The number of thioether (sulfide) groups is 1. The highest BCUT2D eigenvalue weighted by molar-refractivity contribution is 7.98. The molecule has 0 spiro atoms. The van der Waals surface area contributed by atoms with E-state index in [0.29, 0.717) is 25.5 Å². The Balaban J connectivity index is 1.64. The number of hydrogen-bond donors (Lipinski definition) is 1. The van der Waals surface area contributed by atoms with Gasteiger partial charge in [0.15, 0.2) is 5.76 Å². The summed E-state index contributed by atoms with van der Waals surface area (Å²) >= 11 is 1.64. The first-order valence-corrected chi connectivity index (χ1v) is 9.05. The van der Waals surface area contributed by atoms with E-state index in [-0.39, 0.29) is 24.1 Å². The number of carbonyl (C=O) groups excluding carboxylic acids is 2. The Hall–Kier alpha value is -2.25. The SMILES string of the molecule is NC(=O)C[C@@H]1COCCN1C(=O)c1ccc(CSc2ccccc2)o1. The molecule has 1 saturated heterocycles. The normalized spacial score (nSPS) is 17.4. The van der Waals surface area contributed by atoms with E-state index in [2.05, 4.69) is 0 Å². The Morgan fingerprint density at radius 1 is 1.20 bits per heavy atom. The minimum absolute atomic E-state index is 0.0865. The summed E-state index contributed by atoms with van der Waals surface area (Å²) in [5, 5.41) is 0. The molecule has 2 N–H and O–H groups in total. The van der Waals surface area contributed by atoms with Gasteiger partial charge in [0, 0.05) is 17.9 Å². The first kappa shape index (κ1) is 17.6. The summed E-state index contributed by atoms with van der Waals surface area (Å²) in [7, 11) is 0. The summed E-state index contributed by atoms with van der Waals surface area (Å²) < 4.78 is 11.1. The minimum atomic E-state index is -0.451. The fraction of sp³-hybridized carbons (Fsp3) is 0.333. The second-order valence-electron chi connectivity index (χ2n) is 5.77. The van der Waals surface area contributed by atoms with Gasteiger partial charge in [-0.25, -0.2) is 0 Å². The van der Waals surface area contributed by atoms with Crippen LogP contribution >= 0.6 is 11.8 Å². The second kappa shape index (κ2) is 8.22. The number of nitrogens with zero attached hydrogens (tertiary/aromatic N) is 1. The molecule has 7 heteroatoms. The maximum atomic E-state index is 12.7. The van der Waals surface area contributed by atoms with Crippen LogP contribution in [0.1, 0.15) is 22.7 Å². The maximum absolute atomic E-state index is 12.7. The Morgan fingerprint density at radius 3 is 2.76 bits per heavy atom. The molecule has 0 bridgehead atoms. The van der Waals surface area contributed by atoms with E-state index in [1.807, 2.05) is 36.4 Å². The molecule has 1 aromatic carbocycles. The van der Waals surface area contributed by atoms with E-state index >= 15 is 0 Å². The van der Waals surface area contributed by atoms with Crippen molar-refractivity contribution in [2.75, 3.05) is 19.8 Å². The standard InChI is InChI=1S/C18H20N2O4S/c19-17(21)10-13-11-23-9-8-20(13)18(22)16-7-6-14(24-16)12-25-15-4-2-1-3-5-15/h1-7,13H,8-12H2,(H2,19,21)/t13-/m1/s1. The zero-order chi connectivity index (χ0) is 17.6. The molecule has 2 heterocycles. The van der Waals surface area contributed by atoms with Crippen LogP contribution in [0.3, 0.4) is 0 Å². The molecule has 132 valence electrons. The second-order valence-corrected chi connectivity index (χ2v) is 6.81. The van der Waals surface area contributed by atoms with Gasteiger partial charge in [0.1, 0.15) is 5.76 Å². The fourth-order valence-corrected chi connectivity index (χ4v) is 3.52. The van der Waals surface area contributed by atoms with Gasteiger partial charge in [-0.15, -0.1) is 11.8 Å². The Bertz CT molecular complexity index is 732. The fourth-order valence-electron chi connectivity index (χ4n) is 2.71. The number of furan rings is 1. The van der Waals surface area contributed by atoms with Gasteiger partial charge in [-0.05, 0) is 24.3 Å². The molecular weight excluding hydrogens is 340 g/mol. The molecule has 2 aromatic rings. The summed E-state index contributed by atoms with van der Waals surface area (Å²) in [6.45, 7) is 1.18. The predicted octanol–water partition coefficient (Wildman–Crippen LogP) is 2.29. The van der Waals surface area contributed by atoms with E-state index < -0.39 is 5.91 Å². The van der Waals surface area contributed by atoms with E-state index in [1.165, 1.54) is 0 Å². The zero-order valence-corrected chi connectivity index (χ0v) is 14.5. The van der Waals surface area contributed by atoms with Gasteiger partial charge in [-0.1, -0.05) is 18.2 Å². The Morgan fingerprint density at radius 2 is 2.00 bits per heavy atom. The van der Waals surface area contributed by atoms with Crippen molar-refractivity contribution in [1.82, 2.24) is 4.90 Å². The number of amides is 2. The molecule has 1 fully saturated rings. The third kappa shape index (κ3) is 4.64. The van der Waals surface area contributed by atoms with Crippen LogP contribution < -0.4 is 5.73 Å². The minimum Gasteiger partial charge on any atom is -0.455 e. The van der Waals surface area contributed by atoms with Crippen LogP contribution in [0.25, 0.3) is 0 Å². The van der Waals surface area contributed by atoms with Gasteiger partial charge in [-0.2, -0.15) is 0 Å². The molecule has 0 aliphatic carbocycles. The molecule has 25 heavy (non-hydrogen) atoms. The number of carbonyl (C=O) groups is 2. The number of rotatable bonds is 6.